The number of halogens is 1. The lowest BCUT2D eigenvalue weighted by Crippen LogP contribution is -2.40. The summed E-state index contributed by atoms with van der Waals surface area (Å²) in [6.45, 7) is 8.84. The smallest absolute Gasteiger partial charge is 0.235 e. The average molecular weight is 472 g/mol. The van der Waals surface area contributed by atoms with Crippen LogP contribution in [0.25, 0.3) is 11.0 Å². The van der Waals surface area contributed by atoms with Crippen LogP contribution in [0.5, 0.6) is 17.2 Å². The van der Waals surface area contributed by atoms with Crippen LogP contribution in [0.4, 0.5) is 0 Å². The maximum Gasteiger partial charge on any atom is 0.235 e. The highest BCUT2D eigenvalue weighted by Crippen LogP contribution is 2.29. The summed E-state index contributed by atoms with van der Waals surface area (Å²) < 4.78 is 17.2. The summed E-state index contributed by atoms with van der Waals surface area (Å²) in [5.41, 5.74) is 1.87. The molecule has 1 fully saturated rings. The van der Waals surface area contributed by atoms with Crippen molar-refractivity contribution in [3.05, 3.63) is 63.0 Å². The monoisotopic (exact) mass is 471 g/mol. The van der Waals surface area contributed by atoms with Crippen molar-refractivity contribution in [2.75, 3.05) is 26.2 Å². The van der Waals surface area contributed by atoms with E-state index in [4.69, 9.17) is 25.5 Å². The van der Waals surface area contributed by atoms with Crippen LogP contribution in [0.3, 0.4) is 0 Å². The molecular formula is C26H30ClNO5. The summed E-state index contributed by atoms with van der Waals surface area (Å²) in [5.74, 6) is 1.92. The topological polar surface area (TPSA) is 72.1 Å². The first-order valence-electron chi connectivity index (χ1n) is 11.3. The maximum atomic E-state index is 12.9. The number of nitrogens with zero attached hydrogens (tertiary/aromatic N) is 1. The minimum absolute atomic E-state index is 0.101. The van der Waals surface area contributed by atoms with Crippen molar-refractivity contribution in [1.82, 2.24) is 4.90 Å². The van der Waals surface area contributed by atoms with E-state index in [-0.39, 0.29) is 17.8 Å². The van der Waals surface area contributed by atoms with Crippen LogP contribution < -0.4 is 14.9 Å². The fourth-order valence-corrected chi connectivity index (χ4v) is 4.24. The highest BCUT2D eigenvalue weighted by atomic mass is 35.5. The van der Waals surface area contributed by atoms with Crippen molar-refractivity contribution in [3.8, 4) is 17.2 Å². The second kappa shape index (κ2) is 10.2. The van der Waals surface area contributed by atoms with Crippen molar-refractivity contribution in [2.45, 2.75) is 39.7 Å². The molecule has 0 radical (unpaired) electrons. The molecule has 1 aliphatic rings. The van der Waals surface area contributed by atoms with Gasteiger partial charge in [-0.25, -0.2) is 0 Å². The molecule has 0 aliphatic carbocycles. The van der Waals surface area contributed by atoms with E-state index in [1.54, 1.807) is 30.3 Å². The lowest BCUT2D eigenvalue weighted by molar-refractivity contribution is 0.0563. The fraction of sp³-hybridized carbons (Fsp3) is 0.423. The molecule has 0 spiro atoms. The third-order valence-electron chi connectivity index (χ3n) is 6.14. The van der Waals surface area contributed by atoms with Gasteiger partial charge < -0.3 is 23.9 Å². The number of aryl methyl sites for hydroxylation is 2. The van der Waals surface area contributed by atoms with Gasteiger partial charge in [-0.15, -0.1) is 0 Å². The van der Waals surface area contributed by atoms with Gasteiger partial charge in [-0.05, 0) is 81.1 Å². The minimum Gasteiger partial charge on any atom is -0.491 e. The van der Waals surface area contributed by atoms with Gasteiger partial charge in [-0.3, -0.25) is 4.79 Å². The Balaban J connectivity index is 1.42. The summed E-state index contributed by atoms with van der Waals surface area (Å²) in [6, 6.07) is 8.58. The Morgan fingerprint density at radius 2 is 1.85 bits per heavy atom. The summed E-state index contributed by atoms with van der Waals surface area (Å²) in [7, 11) is 0. The van der Waals surface area contributed by atoms with Gasteiger partial charge in [-0.1, -0.05) is 18.5 Å². The fourth-order valence-electron chi connectivity index (χ4n) is 4.13. The number of aliphatic hydroxyl groups is 1. The molecule has 1 aromatic heterocycles. The molecule has 3 aromatic rings. The number of hydrogen-bond donors (Lipinski definition) is 1. The zero-order valence-corrected chi connectivity index (χ0v) is 20.0. The number of β-amino-alcohol motifs (C(OH)–C–C–N with tert-alkyl or cyclic N) is 1. The van der Waals surface area contributed by atoms with E-state index in [9.17, 15) is 9.90 Å². The van der Waals surface area contributed by atoms with Crippen LogP contribution in [0, 0.1) is 19.8 Å². The zero-order chi connectivity index (χ0) is 23.5. The Morgan fingerprint density at radius 1 is 1.15 bits per heavy atom. The third kappa shape index (κ3) is 5.69. The van der Waals surface area contributed by atoms with Crippen LogP contribution in [-0.4, -0.2) is 42.4 Å². The quantitative estimate of drug-likeness (QED) is 0.502. The summed E-state index contributed by atoms with van der Waals surface area (Å²) in [5, 5.41) is 11.4. The lowest BCUT2D eigenvalue weighted by atomic mass is 9.99. The molecule has 0 amide bonds. The van der Waals surface area contributed by atoms with E-state index in [0.29, 0.717) is 34.0 Å². The van der Waals surface area contributed by atoms with Gasteiger partial charge in [0.05, 0.1) is 5.39 Å². The zero-order valence-electron chi connectivity index (χ0n) is 19.3. The van der Waals surface area contributed by atoms with E-state index >= 15 is 0 Å². The second-order valence-electron chi connectivity index (χ2n) is 9.01. The first-order chi connectivity index (χ1) is 15.8. The highest BCUT2D eigenvalue weighted by Gasteiger charge is 2.19. The Labute approximate surface area is 198 Å². The molecule has 33 heavy (non-hydrogen) atoms. The molecule has 1 saturated heterocycles. The van der Waals surface area contributed by atoms with Gasteiger partial charge in [0.1, 0.15) is 36.1 Å². The van der Waals surface area contributed by atoms with Gasteiger partial charge in [0, 0.05) is 17.6 Å². The molecule has 176 valence electrons. The van der Waals surface area contributed by atoms with Crippen molar-refractivity contribution in [3.63, 3.8) is 0 Å². The summed E-state index contributed by atoms with van der Waals surface area (Å²) in [4.78, 5) is 15.2. The first-order valence-corrected chi connectivity index (χ1v) is 11.7. The van der Waals surface area contributed by atoms with Crippen molar-refractivity contribution in [2.24, 2.45) is 5.92 Å². The van der Waals surface area contributed by atoms with Crippen LogP contribution in [-0.2, 0) is 0 Å². The standard InChI is InChI=1S/C26H30ClNO5/c1-16-6-8-28(9-7-16)13-19(29)14-31-20-4-5-22-23(12-20)32-15-24(26(22)30)33-21-10-17(2)25(27)18(3)11-21/h4-5,10-12,15-16,19,29H,6-9,13-14H2,1-3H3/t19-/m1/s1. The van der Waals surface area contributed by atoms with Crippen molar-refractivity contribution < 1.29 is 19.0 Å². The van der Waals surface area contributed by atoms with E-state index in [1.165, 1.54) is 19.1 Å². The molecule has 7 heteroatoms. The molecule has 1 atom stereocenters. The molecule has 6 nitrogen and oxygen atoms in total. The van der Waals surface area contributed by atoms with E-state index in [2.05, 4.69) is 11.8 Å². The average Bonchev–Trinajstić information content (AvgIpc) is 2.79. The van der Waals surface area contributed by atoms with E-state index in [1.807, 2.05) is 13.8 Å². The Bertz CT molecular complexity index is 1160. The predicted octanol–water partition coefficient (Wildman–Crippen LogP) is 5.33. The molecule has 0 bridgehead atoms. The second-order valence-corrected chi connectivity index (χ2v) is 9.39. The third-order valence-corrected chi connectivity index (χ3v) is 6.74. The van der Waals surface area contributed by atoms with Gasteiger partial charge in [0.2, 0.25) is 11.2 Å². The van der Waals surface area contributed by atoms with E-state index < -0.39 is 6.10 Å². The normalized spacial score (nSPS) is 16.2. The predicted molar refractivity (Wildman–Crippen MR) is 130 cm³/mol. The molecular weight excluding hydrogens is 442 g/mol. The van der Waals surface area contributed by atoms with Gasteiger partial charge in [-0.2, -0.15) is 0 Å². The van der Waals surface area contributed by atoms with Crippen LogP contribution >= 0.6 is 11.6 Å². The van der Waals surface area contributed by atoms with Gasteiger partial charge in [0.15, 0.2) is 0 Å². The molecule has 4 rings (SSSR count). The van der Waals surface area contributed by atoms with Crippen LogP contribution in [0.2, 0.25) is 5.02 Å². The van der Waals surface area contributed by atoms with Crippen LogP contribution in [0.15, 0.2) is 45.8 Å². The number of ether oxygens (including phenoxy) is 2. The number of benzene rings is 2. The minimum atomic E-state index is -0.580. The van der Waals surface area contributed by atoms with Gasteiger partial charge in [0.25, 0.3) is 0 Å². The lowest BCUT2D eigenvalue weighted by Gasteiger charge is -2.31. The number of hydrogen-bond acceptors (Lipinski definition) is 6. The number of rotatable bonds is 7. The molecule has 2 heterocycles. The van der Waals surface area contributed by atoms with Gasteiger partial charge >= 0.3 is 0 Å². The SMILES string of the molecule is Cc1cc(Oc2coc3cc(OC[C@H](O)CN4CCC(C)CC4)ccc3c2=O)cc(C)c1Cl. The van der Waals surface area contributed by atoms with Crippen molar-refractivity contribution >= 4 is 22.6 Å². The molecule has 0 saturated carbocycles. The Kier molecular flexibility index (Phi) is 7.27. The molecule has 2 aromatic carbocycles. The molecule has 1 aliphatic heterocycles. The molecule has 1 N–H and O–H groups in total. The first kappa shape index (κ1) is 23.6. The maximum absolute atomic E-state index is 12.9. The van der Waals surface area contributed by atoms with Crippen LogP contribution in [0.1, 0.15) is 30.9 Å². The number of likely N-dealkylation sites (tertiary alicyclic amines) is 1. The van der Waals surface area contributed by atoms with Crippen molar-refractivity contribution in [1.29, 1.82) is 0 Å². The van der Waals surface area contributed by atoms with E-state index in [0.717, 1.165) is 30.1 Å². The summed E-state index contributed by atoms with van der Waals surface area (Å²) >= 11 is 6.21. The summed E-state index contributed by atoms with van der Waals surface area (Å²) in [6.07, 6.45) is 3.06. The number of aliphatic hydroxyl groups excluding tert-OH is 1. The number of fused-ring (bicyclic) bond motifs is 1. The Hall–Kier alpha value is -2.54. The highest BCUT2D eigenvalue weighted by molar-refractivity contribution is 6.32. The number of piperidine rings is 1. The molecule has 0 unspecified atom stereocenters. The largest absolute Gasteiger partial charge is 0.491 e. The Morgan fingerprint density at radius 3 is 2.55 bits per heavy atom.